The van der Waals surface area contributed by atoms with Gasteiger partial charge in [-0.3, -0.25) is 0 Å². The molecule has 0 spiro atoms. The molecule has 0 amide bonds. The number of pyridine rings is 1. The summed E-state index contributed by atoms with van der Waals surface area (Å²) in [6, 6.07) is 20.3. The maximum Gasteiger partial charge on any atom is 0.227 e. The van der Waals surface area contributed by atoms with Crippen molar-refractivity contribution >= 4 is 11.8 Å². The lowest BCUT2D eigenvalue weighted by atomic mass is 10.1. The first-order valence-electron chi connectivity index (χ1n) is 7.70. The Balaban J connectivity index is 1.63. The van der Waals surface area contributed by atoms with Crippen LogP contribution in [0.1, 0.15) is 11.1 Å². The van der Waals surface area contributed by atoms with Crippen LogP contribution in [0.25, 0.3) is 0 Å². The standard InChI is InChI=1S/C20H19NO2S/c1-15-5-3-6-16(13-15)14-23-17-8-10-18(11-9-17)24-19-7-4-12-21-20(19)22-2/h3-13H,14H2,1-2H3. The quantitative estimate of drug-likeness (QED) is 0.624. The Morgan fingerprint density at radius 2 is 1.83 bits per heavy atom. The average Bonchev–Trinajstić information content (AvgIpc) is 2.62. The fourth-order valence-corrected chi connectivity index (χ4v) is 3.20. The lowest BCUT2D eigenvalue weighted by Gasteiger charge is -2.09. The maximum absolute atomic E-state index is 5.85. The van der Waals surface area contributed by atoms with Gasteiger partial charge in [0.25, 0.3) is 0 Å². The molecule has 1 aromatic heterocycles. The first kappa shape index (κ1) is 16.4. The molecule has 3 nitrogen and oxygen atoms in total. The first-order chi connectivity index (χ1) is 11.7. The molecule has 24 heavy (non-hydrogen) atoms. The molecule has 0 N–H and O–H groups in total. The highest BCUT2D eigenvalue weighted by Crippen LogP contribution is 2.33. The summed E-state index contributed by atoms with van der Waals surface area (Å²) in [5, 5.41) is 0. The summed E-state index contributed by atoms with van der Waals surface area (Å²) in [6.07, 6.45) is 1.73. The van der Waals surface area contributed by atoms with E-state index in [9.17, 15) is 0 Å². The zero-order valence-electron chi connectivity index (χ0n) is 13.7. The lowest BCUT2D eigenvalue weighted by Crippen LogP contribution is -1.95. The number of methoxy groups -OCH3 is 1. The van der Waals surface area contributed by atoms with Crippen LogP contribution in [-0.2, 0) is 6.61 Å². The predicted octanol–water partition coefficient (Wildman–Crippen LogP) is 5.13. The second kappa shape index (κ2) is 7.88. The Morgan fingerprint density at radius 1 is 1.00 bits per heavy atom. The molecular weight excluding hydrogens is 318 g/mol. The van der Waals surface area contributed by atoms with E-state index < -0.39 is 0 Å². The molecule has 0 aliphatic rings. The molecule has 1 heterocycles. The molecule has 0 saturated carbocycles. The first-order valence-corrected chi connectivity index (χ1v) is 8.51. The molecule has 0 saturated heterocycles. The Morgan fingerprint density at radius 3 is 2.58 bits per heavy atom. The van der Waals surface area contributed by atoms with Crippen molar-refractivity contribution < 1.29 is 9.47 Å². The smallest absolute Gasteiger partial charge is 0.227 e. The van der Waals surface area contributed by atoms with E-state index in [0.717, 1.165) is 15.5 Å². The number of hydrogen-bond donors (Lipinski definition) is 0. The minimum Gasteiger partial charge on any atom is -0.489 e. The number of nitrogens with zero attached hydrogens (tertiary/aromatic N) is 1. The third kappa shape index (κ3) is 4.30. The molecule has 4 heteroatoms. The van der Waals surface area contributed by atoms with Crippen LogP contribution in [0.4, 0.5) is 0 Å². The van der Waals surface area contributed by atoms with Crippen molar-refractivity contribution in [1.29, 1.82) is 0 Å². The largest absolute Gasteiger partial charge is 0.489 e. The van der Waals surface area contributed by atoms with E-state index in [-0.39, 0.29) is 0 Å². The van der Waals surface area contributed by atoms with E-state index in [1.54, 1.807) is 25.1 Å². The second-order valence-electron chi connectivity index (χ2n) is 5.36. The van der Waals surface area contributed by atoms with E-state index >= 15 is 0 Å². The predicted molar refractivity (Wildman–Crippen MR) is 96.9 cm³/mol. The van der Waals surface area contributed by atoms with E-state index in [4.69, 9.17) is 9.47 Å². The zero-order valence-corrected chi connectivity index (χ0v) is 14.5. The summed E-state index contributed by atoms with van der Waals surface area (Å²) in [4.78, 5) is 6.32. The van der Waals surface area contributed by atoms with Crippen molar-refractivity contribution in [3.05, 3.63) is 78.0 Å². The van der Waals surface area contributed by atoms with Gasteiger partial charge in [0.1, 0.15) is 12.4 Å². The summed E-state index contributed by atoms with van der Waals surface area (Å²) in [7, 11) is 1.63. The molecule has 2 aromatic carbocycles. The van der Waals surface area contributed by atoms with Gasteiger partial charge in [-0.1, -0.05) is 41.6 Å². The Labute approximate surface area is 146 Å². The monoisotopic (exact) mass is 337 g/mol. The number of aromatic nitrogens is 1. The van der Waals surface area contributed by atoms with Crippen LogP contribution < -0.4 is 9.47 Å². The van der Waals surface area contributed by atoms with Crippen LogP contribution >= 0.6 is 11.8 Å². The maximum atomic E-state index is 5.85. The molecule has 0 aliphatic carbocycles. The van der Waals surface area contributed by atoms with Gasteiger partial charge in [0.2, 0.25) is 5.88 Å². The highest BCUT2D eigenvalue weighted by molar-refractivity contribution is 7.99. The van der Waals surface area contributed by atoms with Crippen molar-refractivity contribution in [2.75, 3.05) is 7.11 Å². The van der Waals surface area contributed by atoms with Gasteiger partial charge in [0.15, 0.2) is 0 Å². The lowest BCUT2D eigenvalue weighted by molar-refractivity contribution is 0.306. The highest BCUT2D eigenvalue weighted by atomic mass is 32.2. The van der Waals surface area contributed by atoms with E-state index in [2.05, 4.69) is 36.2 Å². The molecule has 0 aliphatic heterocycles. The SMILES string of the molecule is COc1ncccc1Sc1ccc(OCc2cccc(C)c2)cc1. The number of rotatable bonds is 6. The van der Waals surface area contributed by atoms with Crippen LogP contribution in [0.15, 0.2) is 76.7 Å². The van der Waals surface area contributed by atoms with Crippen molar-refractivity contribution in [2.24, 2.45) is 0 Å². The van der Waals surface area contributed by atoms with Gasteiger partial charge in [0.05, 0.1) is 12.0 Å². The van der Waals surface area contributed by atoms with Crippen molar-refractivity contribution in [3.63, 3.8) is 0 Å². The molecule has 3 aromatic rings. The minimum atomic E-state index is 0.574. The van der Waals surface area contributed by atoms with Gasteiger partial charge >= 0.3 is 0 Å². The van der Waals surface area contributed by atoms with Gasteiger partial charge in [-0.15, -0.1) is 0 Å². The van der Waals surface area contributed by atoms with E-state index in [1.165, 1.54) is 11.1 Å². The molecule has 122 valence electrons. The Hall–Kier alpha value is -2.46. The van der Waals surface area contributed by atoms with Crippen molar-refractivity contribution in [1.82, 2.24) is 4.98 Å². The summed E-state index contributed by atoms with van der Waals surface area (Å²) in [5.41, 5.74) is 2.42. The summed E-state index contributed by atoms with van der Waals surface area (Å²) < 4.78 is 11.1. The van der Waals surface area contributed by atoms with Crippen LogP contribution in [0.3, 0.4) is 0 Å². The second-order valence-corrected chi connectivity index (χ2v) is 6.48. The van der Waals surface area contributed by atoms with Crippen molar-refractivity contribution in [2.45, 2.75) is 23.3 Å². The minimum absolute atomic E-state index is 0.574. The number of aryl methyl sites for hydroxylation is 1. The third-order valence-corrected chi connectivity index (χ3v) is 4.51. The van der Waals surface area contributed by atoms with Gasteiger partial charge in [-0.05, 0) is 48.9 Å². The van der Waals surface area contributed by atoms with Crippen LogP contribution in [0.5, 0.6) is 11.6 Å². The highest BCUT2D eigenvalue weighted by Gasteiger charge is 2.05. The molecule has 0 atom stereocenters. The van der Waals surface area contributed by atoms with Gasteiger partial charge in [0, 0.05) is 11.1 Å². The normalized spacial score (nSPS) is 10.4. The zero-order chi connectivity index (χ0) is 16.8. The van der Waals surface area contributed by atoms with Crippen molar-refractivity contribution in [3.8, 4) is 11.6 Å². The fraction of sp³-hybridized carbons (Fsp3) is 0.150. The van der Waals surface area contributed by atoms with Crippen LogP contribution in [0.2, 0.25) is 0 Å². The van der Waals surface area contributed by atoms with Gasteiger partial charge in [-0.2, -0.15) is 0 Å². The average molecular weight is 337 g/mol. The number of hydrogen-bond acceptors (Lipinski definition) is 4. The molecule has 0 radical (unpaired) electrons. The molecule has 0 fully saturated rings. The van der Waals surface area contributed by atoms with Crippen LogP contribution in [-0.4, -0.2) is 12.1 Å². The molecular formula is C20H19NO2S. The summed E-state index contributed by atoms with van der Waals surface area (Å²) in [5.74, 6) is 1.50. The summed E-state index contributed by atoms with van der Waals surface area (Å²) >= 11 is 1.62. The summed E-state index contributed by atoms with van der Waals surface area (Å²) in [6.45, 7) is 2.66. The van der Waals surface area contributed by atoms with E-state index in [0.29, 0.717) is 12.5 Å². The van der Waals surface area contributed by atoms with Gasteiger partial charge in [-0.25, -0.2) is 4.98 Å². The number of benzene rings is 2. The van der Waals surface area contributed by atoms with E-state index in [1.807, 2.05) is 36.4 Å². The molecule has 3 rings (SSSR count). The fourth-order valence-electron chi connectivity index (χ4n) is 2.31. The Kier molecular flexibility index (Phi) is 5.39. The Bertz CT molecular complexity index is 803. The number of ether oxygens (including phenoxy) is 2. The topological polar surface area (TPSA) is 31.4 Å². The van der Waals surface area contributed by atoms with Gasteiger partial charge < -0.3 is 9.47 Å². The molecule has 0 bridgehead atoms. The van der Waals surface area contributed by atoms with Crippen LogP contribution in [0, 0.1) is 6.92 Å². The molecule has 0 unspecified atom stereocenters. The third-order valence-electron chi connectivity index (χ3n) is 3.47.